The minimum absolute atomic E-state index is 0.612. The average Bonchev–Trinajstić information content (AvgIpc) is 2.30. The topological polar surface area (TPSA) is 42.4 Å². The van der Waals surface area contributed by atoms with Crippen LogP contribution in [0.5, 0.6) is 0 Å². The molecule has 0 atom stereocenters. The molecule has 1 aromatic heterocycles. The Morgan fingerprint density at radius 1 is 1.38 bits per heavy atom. The molecule has 3 nitrogen and oxygen atoms in total. The summed E-state index contributed by atoms with van der Waals surface area (Å²) in [5.74, 6) is 0. The zero-order valence-corrected chi connectivity index (χ0v) is 9.78. The van der Waals surface area contributed by atoms with Crippen molar-refractivity contribution in [3.05, 3.63) is 29.6 Å². The number of hydrogen-bond donors (Lipinski definition) is 1. The lowest BCUT2D eigenvalue weighted by Crippen LogP contribution is -2.38. The maximum atomic E-state index is 10.3. The predicted octanol–water partition coefficient (Wildman–Crippen LogP) is 1.73. The van der Waals surface area contributed by atoms with E-state index in [9.17, 15) is 5.11 Å². The lowest BCUT2D eigenvalue weighted by Gasteiger charge is -2.31. The van der Waals surface area contributed by atoms with Gasteiger partial charge < -0.3 is 9.84 Å². The van der Waals surface area contributed by atoms with Crippen molar-refractivity contribution in [2.24, 2.45) is 0 Å². The molecule has 3 heteroatoms. The van der Waals surface area contributed by atoms with Crippen LogP contribution in [0, 0.1) is 0 Å². The van der Waals surface area contributed by atoms with Crippen LogP contribution in [-0.4, -0.2) is 28.9 Å². The summed E-state index contributed by atoms with van der Waals surface area (Å²) in [4.78, 5) is 4.39. The fourth-order valence-corrected chi connectivity index (χ4v) is 2.03. The normalized spacial score (nSPS) is 19.6. The third kappa shape index (κ3) is 2.80. The van der Waals surface area contributed by atoms with E-state index in [-0.39, 0.29) is 0 Å². The minimum Gasteiger partial charge on any atom is -0.389 e. The first-order chi connectivity index (χ1) is 7.72. The van der Waals surface area contributed by atoms with Crippen LogP contribution in [0.4, 0.5) is 0 Å². The third-order valence-electron chi connectivity index (χ3n) is 3.23. The van der Waals surface area contributed by atoms with Crippen molar-refractivity contribution in [2.45, 2.75) is 38.2 Å². The zero-order chi connectivity index (χ0) is 11.4. The number of aliphatic hydroxyl groups is 1. The van der Waals surface area contributed by atoms with Gasteiger partial charge in [-0.15, -0.1) is 0 Å². The van der Waals surface area contributed by atoms with Crippen molar-refractivity contribution in [1.82, 2.24) is 4.98 Å². The molecule has 88 valence electrons. The Morgan fingerprint density at radius 2 is 2.12 bits per heavy atom. The van der Waals surface area contributed by atoms with Crippen molar-refractivity contribution in [3.63, 3.8) is 0 Å². The fourth-order valence-electron chi connectivity index (χ4n) is 2.03. The van der Waals surface area contributed by atoms with Gasteiger partial charge in [-0.1, -0.05) is 13.0 Å². The maximum Gasteiger partial charge on any atom is 0.0746 e. The van der Waals surface area contributed by atoms with Gasteiger partial charge >= 0.3 is 0 Å². The summed E-state index contributed by atoms with van der Waals surface area (Å²) in [6, 6.07) is 4.11. The summed E-state index contributed by atoms with van der Waals surface area (Å²) in [6.45, 7) is 3.43. The molecule has 1 N–H and O–H groups in total. The summed E-state index contributed by atoms with van der Waals surface area (Å²) in [5.41, 5.74) is 1.60. The maximum absolute atomic E-state index is 10.3. The van der Waals surface area contributed by atoms with Gasteiger partial charge in [0.05, 0.1) is 5.60 Å². The quantitative estimate of drug-likeness (QED) is 0.845. The standard InChI is InChI=1S/C13H19NO2/c1-2-11-3-4-12(14-10-11)9-13(15)5-7-16-8-6-13/h3-4,10,15H,2,5-9H2,1H3. The molecule has 1 fully saturated rings. The van der Waals surface area contributed by atoms with E-state index in [1.807, 2.05) is 12.3 Å². The Morgan fingerprint density at radius 3 is 2.69 bits per heavy atom. The molecule has 0 amide bonds. The number of rotatable bonds is 3. The second-order valence-corrected chi connectivity index (χ2v) is 4.52. The summed E-state index contributed by atoms with van der Waals surface area (Å²) < 4.78 is 5.26. The van der Waals surface area contributed by atoms with Crippen LogP contribution in [-0.2, 0) is 17.6 Å². The Bertz CT molecular complexity index is 328. The van der Waals surface area contributed by atoms with Crippen LogP contribution in [0.3, 0.4) is 0 Å². The van der Waals surface area contributed by atoms with E-state index >= 15 is 0 Å². The molecule has 1 saturated heterocycles. The van der Waals surface area contributed by atoms with E-state index < -0.39 is 5.60 Å². The average molecular weight is 221 g/mol. The molecule has 2 rings (SSSR count). The molecule has 0 bridgehead atoms. The summed E-state index contributed by atoms with van der Waals surface area (Å²) in [5, 5.41) is 10.3. The SMILES string of the molecule is CCc1ccc(CC2(O)CCOCC2)nc1. The number of pyridine rings is 1. The molecule has 1 aliphatic heterocycles. The number of hydrogen-bond acceptors (Lipinski definition) is 3. The van der Waals surface area contributed by atoms with Crippen LogP contribution < -0.4 is 0 Å². The first-order valence-electron chi connectivity index (χ1n) is 5.96. The summed E-state index contributed by atoms with van der Waals surface area (Å²) in [6.07, 6.45) is 4.97. The Kier molecular flexibility index (Phi) is 3.56. The molecular weight excluding hydrogens is 202 g/mol. The molecule has 0 unspecified atom stereocenters. The third-order valence-corrected chi connectivity index (χ3v) is 3.23. The van der Waals surface area contributed by atoms with Gasteiger partial charge in [0.25, 0.3) is 0 Å². The summed E-state index contributed by atoms with van der Waals surface area (Å²) >= 11 is 0. The van der Waals surface area contributed by atoms with Gasteiger partial charge in [0.15, 0.2) is 0 Å². The highest BCUT2D eigenvalue weighted by Gasteiger charge is 2.30. The van der Waals surface area contributed by atoms with Crippen LogP contribution in [0.2, 0.25) is 0 Å². The van der Waals surface area contributed by atoms with Gasteiger partial charge in [-0.2, -0.15) is 0 Å². The zero-order valence-electron chi connectivity index (χ0n) is 9.78. The number of nitrogens with zero attached hydrogens (tertiary/aromatic N) is 1. The Hall–Kier alpha value is -0.930. The Balaban J connectivity index is 2.01. The molecule has 0 radical (unpaired) electrons. The van der Waals surface area contributed by atoms with Gasteiger partial charge in [0.1, 0.15) is 0 Å². The molecule has 0 spiro atoms. The monoisotopic (exact) mass is 221 g/mol. The highest BCUT2D eigenvalue weighted by molar-refractivity contribution is 5.15. The second-order valence-electron chi connectivity index (χ2n) is 4.52. The highest BCUT2D eigenvalue weighted by Crippen LogP contribution is 2.24. The van der Waals surface area contributed by atoms with Crippen molar-refractivity contribution >= 4 is 0 Å². The number of aromatic nitrogens is 1. The largest absolute Gasteiger partial charge is 0.389 e. The van der Waals surface area contributed by atoms with Crippen molar-refractivity contribution in [3.8, 4) is 0 Å². The Labute approximate surface area is 96.5 Å². The molecule has 0 saturated carbocycles. The van der Waals surface area contributed by atoms with Gasteiger partial charge in [-0.05, 0) is 30.9 Å². The second kappa shape index (κ2) is 4.93. The molecule has 1 aliphatic rings. The lowest BCUT2D eigenvalue weighted by atomic mass is 9.89. The van der Waals surface area contributed by atoms with Crippen molar-refractivity contribution in [2.75, 3.05) is 13.2 Å². The van der Waals surface area contributed by atoms with Gasteiger partial charge in [-0.25, -0.2) is 0 Å². The molecule has 2 heterocycles. The van der Waals surface area contributed by atoms with Crippen LogP contribution >= 0.6 is 0 Å². The molecular formula is C13H19NO2. The summed E-state index contributed by atoms with van der Waals surface area (Å²) in [7, 11) is 0. The minimum atomic E-state index is -0.612. The van der Waals surface area contributed by atoms with E-state index in [2.05, 4.69) is 18.0 Å². The predicted molar refractivity (Wildman–Crippen MR) is 62.3 cm³/mol. The van der Waals surface area contributed by atoms with Crippen molar-refractivity contribution < 1.29 is 9.84 Å². The van der Waals surface area contributed by atoms with Crippen LogP contribution in [0.1, 0.15) is 31.0 Å². The van der Waals surface area contributed by atoms with Gasteiger partial charge in [0, 0.05) is 31.5 Å². The van der Waals surface area contributed by atoms with E-state index in [0.29, 0.717) is 32.5 Å². The van der Waals surface area contributed by atoms with Gasteiger partial charge in [0.2, 0.25) is 0 Å². The lowest BCUT2D eigenvalue weighted by molar-refractivity contribution is -0.0630. The van der Waals surface area contributed by atoms with E-state index in [1.54, 1.807) is 0 Å². The van der Waals surface area contributed by atoms with E-state index in [4.69, 9.17) is 4.74 Å². The molecule has 16 heavy (non-hydrogen) atoms. The fraction of sp³-hybridized carbons (Fsp3) is 0.615. The highest BCUT2D eigenvalue weighted by atomic mass is 16.5. The van der Waals surface area contributed by atoms with Gasteiger partial charge in [-0.3, -0.25) is 4.98 Å². The van der Waals surface area contributed by atoms with E-state index in [0.717, 1.165) is 12.1 Å². The number of ether oxygens (including phenoxy) is 1. The molecule has 0 aromatic carbocycles. The molecule has 0 aliphatic carbocycles. The molecule has 1 aromatic rings. The smallest absolute Gasteiger partial charge is 0.0746 e. The number of aryl methyl sites for hydroxylation is 1. The van der Waals surface area contributed by atoms with Crippen molar-refractivity contribution in [1.29, 1.82) is 0 Å². The van der Waals surface area contributed by atoms with Crippen LogP contribution in [0.15, 0.2) is 18.3 Å². The van der Waals surface area contributed by atoms with E-state index in [1.165, 1.54) is 5.56 Å². The van der Waals surface area contributed by atoms with Crippen LogP contribution in [0.25, 0.3) is 0 Å². The first-order valence-corrected chi connectivity index (χ1v) is 5.96. The first kappa shape index (κ1) is 11.6.